The number of aromatic amines is 1. The highest BCUT2D eigenvalue weighted by atomic mass is 16.5. The van der Waals surface area contributed by atoms with Crippen LogP contribution in [0.4, 0.5) is 17.3 Å². The van der Waals surface area contributed by atoms with Gasteiger partial charge in [0, 0.05) is 28.9 Å². The standard InChI is InChI=1S/C33H36N8O3/c1-3-22(14-15-34)39-32-29(31(36)37-19-38-32)30(35)21-12-13-25(28(16-21)43-2)41-33(42)26-17-23-24(40-26)10-7-11-27(23)44-18-20-8-5-4-6-9-20/h4-13,16-17,19,22,35,40H,3,14-15,18,34H2,1-2H3,(H,41,42)(H3,36,37,38,39)/p+1. The van der Waals surface area contributed by atoms with Gasteiger partial charge in [0.1, 0.15) is 41.8 Å². The third kappa shape index (κ3) is 6.63. The van der Waals surface area contributed by atoms with Crippen molar-refractivity contribution in [1.82, 2.24) is 15.0 Å². The predicted octanol–water partition coefficient (Wildman–Crippen LogP) is 4.62. The summed E-state index contributed by atoms with van der Waals surface area (Å²) in [6.07, 6.45) is 3.10. The summed E-state index contributed by atoms with van der Waals surface area (Å²) < 4.78 is 11.7. The largest absolute Gasteiger partial charge is 0.495 e. The second-order valence-electron chi connectivity index (χ2n) is 10.3. The molecule has 0 radical (unpaired) electrons. The number of fused-ring (bicyclic) bond motifs is 1. The Bertz CT molecular complexity index is 1770. The molecule has 0 saturated heterocycles. The van der Waals surface area contributed by atoms with Gasteiger partial charge in [0.05, 0.1) is 30.6 Å². The molecule has 3 aromatic carbocycles. The lowest BCUT2D eigenvalue weighted by Crippen LogP contribution is -2.51. The number of nitrogens with zero attached hydrogens (tertiary/aromatic N) is 2. The minimum atomic E-state index is -0.348. The molecule has 5 aromatic rings. The lowest BCUT2D eigenvalue weighted by Gasteiger charge is -2.19. The number of hydrogen-bond acceptors (Lipinski definition) is 8. The molecule has 5 rings (SSSR count). The number of anilines is 3. The number of nitrogens with two attached hydrogens (primary N) is 1. The van der Waals surface area contributed by atoms with Crippen molar-refractivity contribution in [3.63, 3.8) is 0 Å². The molecule has 0 saturated carbocycles. The van der Waals surface area contributed by atoms with Crippen LogP contribution in [-0.2, 0) is 6.61 Å². The van der Waals surface area contributed by atoms with E-state index in [2.05, 4.69) is 38.2 Å². The van der Waals surface area contributed by atoms with Gasteiger partial charge in [-0.3, -0.25) is 10.2 Å². The Morgan fingerprint density at radius 1 is 1.07 bits per heavy atom. The minimum absolute atomic E-state index is 0.130. The van der Waals surface area contributed by atoms with E-state index in [9.17, 15) is 4.79 Å². The molecule has 1 atom stereocenters. The molecule has 11 nitrogen and oxygen atoms in total. The first-order valence-corrected chi connectivity index (χ1v) is 14.4. The number of carbonyl (C=O) groups excluding carboxylic acids is 1. The first kappa shape index (κ1) is 30.1. The van der Waals surface area contributed by atoms with E-state index in [0.29, 0.717) is 46.4 Å². The van der Waals surface area contributed by atoms with Gasteiger partial charge in [-0.1, -0.05) is 49.4 Å². The highest BCUT2D eigenvalue weighted by Gasteiger charge is 2.21. The Kier molecular flexibility index (Phi) is 9.36. The van der Waals surface area contributed by atoms with E-state index in [1.54, 1.807) is 24.3 Å². The number of amides is 1. The highest BCUT2D eigenvalue weighted by Crippen LogP contribution is 2.31. The predicted molar refractivity (Wildman–Crippen MR) is 172 cm³/mol. The van der Waals surface area contributed by atoms with Crippen LogP contribution in [0.1, 0.15) is 46.9 Å². The molecule has 0 spiro atoms. The van der Waals surface area contributed by atoms with Gasteiger partial charge in [-0.25, -0.2) is 9.97 Å². The molecule has 0 aliphatic rings. The first-order chi connectivity index (χ1) is 21.4. The lowest BCUT2D eigenvalue weighted by molar-refractivity contribution is -0.368. The molecule has 0 aliphatic carbocycles. The zero-order valence-corrected chi connectivity index (χ0v) is 24.8. The maximum atomic E-state index is 13.3. The van der Waals surface area contributed by atoms with Gasteiger partial charge < -0.3 is 36.6 Å². The molecule has 44 heavy (non-hydrogen) atoms. The van der Waals surface area contributed by atoms with Gasteiger partial charge in [-0.05, 0) is 42.3 Å². The second-order valence-corrected chi connectivity index (χ2v) is 10.3. The van der Waals surface area contributed by atoms with Crippen LogP contribution < -0.4 is 31.6 Å². The Morgan fingerprint density at radius 3 is 2.64 bits per heavy atom. The van der Waals surface area contributed by atoms with Crippen molar-refractivity contribution in [1.29, 1.82) is 5.41 Å². The number of ether oxygens (including phenoxy) is 2. The van der Waals surface area contributed by atoms with Crippen molar-refractivity contribution in [3.8, 4) is 11.5 Å². The van der Waals surface area contributed by atoms with Gasteiger partial charge >= 0.3 is 0 Å². The number of H-pyrrole nitrogens is 1. The van der Waals surface area contributed by atoms with E-state index in [1.807, 2.05) is 48.5 Å². The monoisotopic (exact) mass is 593 g/mol. The Labute approximate surface area is 255 Å². The van der Waals surface area contributed by atoms with Crippen LogP contribution in [0, 0.1) is 5.41 Å². The molecule has 0 aliphatic heterocycles. The average Bonchev–Trinajstić information content (AvgIpc) is 3.49. The number of nitrogens with one attached hydrogen (secondary N) is 4. The van der Waals surface area contributed by atoms with Crippen molar-refractivity contribution >= 4 is 39.8 Å². The molecule has 2 aromatic heterocycles. The maximum absolute atomic E-state index is 13.3. The minimum Gasteiger partial charge on any atom is -0.495 e. The first-order valence-electron chi connectivity index (χ1n) is 14.4. The molecule has 9 N–H and O–H groups in total. The number of methoxy groups -OCH3 is 1. The van der Waals surface area contributed by atoms with Crippen LogP contribution in [0.2, 0.25) is 0 Å². The van der Waals surface area contributed by atoms with Crippen LogP contribution in [0.3, 0.4) is 0 Å². The fraction of sp³-hybridized carbons (Fsp3) is 0.212. The summed E-state index contributed by atoms with van der Waals surface area (Å²) in [4.78, 5) is 25.0. The summed E-state index contributed by atoms with van der Waals surface area (Å²) in [5, 5.41) is 16.1. The second kappa shape index (κ2) is 13.7. The van der Waals surface area contributed by atoms with Crippen LogP contribution >= 0.6 is 0 Å². The third-order valence-electron chi connectivity index (χ3n) is 7.36. The summed E-state index contributed by atoms with van der Waals surface area (Å²) in [6.45, 7) is 3.26. The van der Waals surface area contributed by atoms with Crippen LogP contribution in [0.25, 0.3) is 10.9 Å². The Balaban J connectivity index is 1.35. The van der Waals surface area contributed by atoms with Crippen molar-refractivity contribution in [2.24, 2.45) is 0 Å². The normalized spacial score (nSPS) is 11.6. The number of rotatable bonds is 13. The lowest BCUT2D eigenvalue weighted by atomic mass is 10.0. The van der Waals surface area contributed by atoms with E-state index >= 15 is 0 Å². The number of aromatic nitrogens is 3. The van der Waals surface area contributed by atoms with Crippen molar-refractivity contribution in [2.75, 3.05) is 30.0 Å². The summed E-state index contributed by atoms with van der Waals surface area (Å²) in [6, 6.07) is 22.6. The van der Waals surface area contributed by atoms with Gasteiger partial charge in [0.25, 0.3) is 5.91 Å². The smallest absolute Gasteiger partial charge is 0.272 e. The summed E-state index contributed by atoms with van der Waals surface area (Å²) >= 11 is 0. The van der Waals surface area contributed by atoms with Crippen LogP contribution in [0.5, 0.6) is 11.5 Å². The molecule has 1 amide bonds. The molecule has 0 fully saturated rings. The zero-order valence-electron chi connectivity index (χ0n) is 24.8. The van der Waals surface area contributed by atoms with Gasteiger partial charge in [-0.15, -0.1) is 0 Å². The number of benzene rings is 3. The zero-order chi connectivity index (χ0) is 31.1. The Hall–Kier alpha value is -5.42. The summed E-state index contributed by atoms with van der Waals surface area (Å²) in [5.74, 6) is 1.40. The fourth-order valence-electron chi connectivity index (χ4n) is 4.97. The van der Waals surface area contributed by atoms with Crippen molar-refractivity contribution in [2.45, 2.75) is 32.4 Å². The molecule has 2 heterocycles. The van der Waals surface area contributed by atoms with E-state index in [1.165, 1.54) is 13.4 Å². The molecule has 11 heteroatoms. The SMILES string of the molecule is CCC(CC[NH3+])Nc1ncnc(N)c1C(=N)c1ccc(NC(=O)c2cc3c(OCc4ccccc4)cccc3[nH]2)c(OC)c1. The van der Waals surface area contributed by atoms with Crippen LogP contribution in [-0.4, -0.2) is 46.3 Å². The number of hydrogen-bond donors (Lipinski definition) is 6. The van der Waals surface area contributed by atoms with E-state index < -0.39 is 0 Å². The van der Waals surface area contributed by atoms with Crippen LogP contribution in [0.15, 0.2) is 79.1 Å². The van der Waals surface area contributed by atoms with Crippen molar-refractivity contribution in [3.05, 3.63) is 102 Å². The quantitative estimate of drug-likeness (QED) is 0.108. The molecular weight excluding hydrogens is 556 g/mol. The number of carbonyl (C=O) groups is 1. The topological polar surface area (TPSA) is 179 Å². The third-order valence-corrected chi connectivity index (χ3v) is 7.36. The van der Waals surface area contributed by atoms with Gasteiger partial charge in [-0.2, -0.15) is 0 Å². The molecule has 226 valence electrons. The number of quaternary nitrogens is 1. The maximum Gasteiger partial charge on any atom is 0.272 e. The van der Waals surface area contributed by atoms with Gasteiger partial charge in [0.15, 0.2) is 0 Å². The van der Waals surface area contributed by atoms with Gasteiger partial charge in [0.2, 0.25) is 0 Å². The summed E-state index contributed by atoms with van der Waals surface area (Å²) in [5.41, 5.74) is 13.9. The van der Waals surface area contributed by atoms with E-state index in [0.717, 1.165) is 35.9 Å². The Morgan fingerprint density at radius 2 is 1.89 bits per heavy atom. The van der Waals surface area contributed by atoms with E-state index in [-0.39, 0.29) is 23.5 Å². The van der Waals surface area contributed by atoms with E-state index in [4.69, 9.17) is 20.6 Å². The molecular formula is C33H37N8O3+. The fourth-order valence-corrected chi connectivity index (χ4v) is 4.97. The summed E-state index contributed by atoms with van der Waals surface area (Å²) in [7, 11) is 1.51. The van der Waals surface area contributed by atoms with Crippen molar-refractivity contribution < 1.29 is 20.0 Å². The number of nitrogen functional groups attached to an aromatic ring is 1. The average molecular weight is 594 g/mol. The molecule has 0 bridgehead atoms. The molecule has 1 unspecified atom stereocenters. The highest BCUT2D eigenvalue weighted by molar-refractivity contribution is 6.17.